The molecule has 3 N–H and O–H groups in total. The highest BCUT2D eigenvalue weighted by molar-refractivity contribution is 5.93. The Kier molecular flexibility index (Phi) is 8.09. The Bertz CT molecular complexity index is 596. The molecule has 0 fully saturated rings. The van der Waals surface area contributed by atoms with E-state index in [1.807, 2.05) is 0 Å². The van der Waals surface area contributed by atoms with Crippen molar-refractivity contribution in [1.82, 2.24) is 0 Å². The molecular formula is C14H14F3NO5. The molecule has 0 aliphatic carbocycles. The molecule has 1 rings (SSSR count). The Morgan fingerprint density at radius 3 is 2.30 bits per heavy atom. The molecule has 0 radical (unpaired) electrons. The maximum absolute atomic E-state index is 12.1. The molecule has 0 saturated carbocycles. The summed E-state index contributed by atoms with van der Waals surface area (Å²) in [5, 5.41) is 8.04. The van der Waals surface area contributed by atoms with Crippen LogP contribution in [0.25, 0.3) is 0 Å². The predicted octanol–water partition coefficient (Wildman–Crippen LogP) is 1.99. The highest BCUT2D eigenvalue weighted by atomic mass is 19.4. The summed E-state index contributed by atoms with van der Waals surface area (Å²) in [6, 6.07) is 3.98. The van der Waals surface area contributed by atoms with Gasteiger partial charge in [-0.3, -0.25) is 4.79 Å². The van der Waals surface area contributed by atoms with Crippen LogP contribution in [-0.2, 0) is 20.5 Å². The minimum Gasteiger partial charge on any atom is -0.478 e. The number of benzene rings is 1. The molecule has 1 aromatic carbocycles. The van der Waals surface area contributed by atoms with E-state index < -0.39 is 29.6 Å². The van der Waals surface area contributed by atoms with Crippen LogP contribution in [0.3, 0.4) is 0 Å². The first-order valence-corrected chi connectivity index (χ1v) is 6.12. The van der Waals surface area contributed by atoms with E-state index >= 15 is 0 Å². The van der Waals surface area contributed by atoms with E-state index in [0.29, 0.717) is 0 Å². The number of carboxylic acid groups (broad SMARTS) is 1. The fraction of sp³-hybridized carbons (Fsp3) is 0.214. The lowest BCUT2D eigenvalue weighted by molar-refractivity contribution is -0.138. The number of hydrogen-bond acceptors (Lipinski definition) is 4. The van der Waals surface area contributed by atoms with Crippen LogP contribution in [-0.4, -0.2) is 29.6 Å². The second kappa shape index (κ2) is 9.23. The van der Waals surface area contributed by atoms with E-state index in [2.05, 4.69) is 4.74 Å². The van der Waals surface area contributed by atoms with Crippen LogP contribution in [0.2, 0.25) is 0 Å². The van der Waals surface area contributed by atoms with Crippen molar-refractivity contribution in [2.24, 2.45) is 5.73 Å². The Labute approximate surface area is 129 Å². The number of carboxylic acids is 1. The molecule has 0 aliphatic rings. The topological polar surface area (TPSA) is 107 Å². The van der Waals surface area contributed by atoms with Crippen molar-refractivity contribution in [3.05, 3.63) is 47.5 Å². The maximum Gasteiger partial charge on any atom is 0.416 e. The van der Waals surface area contributed by atoms with Gasteiger partial charge in [0.05, 0.1) is 12.2 Å². The van der Waals surface area contributed by atoms with Crippen LogP contribution >= 0.6 is 0 Å². The number of ether oxygens (including phenoxy) is 1. The number of hydrogen-bond donors (Lipinski definition) is 2. The fourth-order valence-electron chi connectivity index (χ4n) is 1.18. The minimum absolute atomic E-state index is 0.144. The number of primary amides is 1. The summed E-state index contributed by atoms with van der Waals surface area (Å²) < 4.78 is 40.6. The van der Waals surface area contributed by atoms with Gasteiger partial charge in [-0.05, 0) is 25.1 Å². The standard InChI is InChI=1S/C8H6F3NO.C6H8O4/c9-8(10,11)6-3-1-2-5(4-6)7(12)13;1-2-10-6(9)4-3-5(7)8/h1-4H,(H2,12,13);3-4H,2H2,1H3,(H,7,8)/b;4-3+. The van der Waals surface area contributed by atoms with Crippen molar-refractivity contribution in [2.45, 2.75) is 13.1 Å². The van der Waals surface area contributed by atoms with Gasteiger partial charge in [0.1, 0.15) is 0 Å². The Balaban J connectivity index is 0.000000438. The highest BCUT2D eigenvalue weighted by Crippen LogP contribution is 2.29. The average Bonchev–Trinajstić information content (AvgIpc) is 2.45. The molecule has 0 unspecified atom stereocenters. The van der Waals surface area contributed by atoms with Gasteiger partial charge in [-0.15, -0.1) is 0 Å². The molecule has 23 heavy (non-hydrogen) atoms. The third kappa shape index (κ3) is 8.91. The number of alkyl halides is 3. The number of nitrogens with two attached hydrogens (primary N) is 1. The quantitative estimate of drug-likeness (QED) is 0.647. The van der Waals surface area contributed by atoms with Gasteiger partial charge in [0.2, 0.25) is 5.91 Å². The zero-order chi connectivity index (χ0) is 18.0. The van der Waals surface area contributed by atoms with Crippen molar-refractivity contribution in [2.75, 3.05) is 6.61 Å². The minimum atomic E-state index is -4.44. The summed E-state index contributed by atoms with van der Waals surface area (Å²) in [6.45, 7) is 1.90. The lowest BCUT2D eigenvalue weighted by Gasteiger charge is -2.06. The van der Waals surface area contributed by atoms with Gasteiger partial charge in [-0.1, -0.05) is 6.07 Å². The molecule has 0 aliphatic heterocycles. The highest BCUT2D eigenvalue weighted by Gasteiger charge is 2.30. The van der Waals surface area contributed by atoms with Gasteiger partial charge < -0.3 is 15.6 Å². The van der Waals surface area contributed by atoms with Crippen molar-refractivity contribution < 1.29 is 37.4 Å². The van der Waals surface area contributed by atoms with Crippen LogP contribution in [0.5, 0.6) is 0 Å². The SMILES string of the molecule is CCOC(=O)/C=C/C(=O)O.NC(=O)c1cccc(C(F)(F)F)c1. The van der Waals surface area contributed by atoms with Crippen molar-refractivity contribution in [1.29, 1.82) is 0 Å². The molecule has 0 heterocycles. The predicted molar refractivity (Wildman–Crippen MR) is 73.4 cm³/mol. The number of amides is 1. The van der Waals surface area contributed by atoms with E-state index in [0.717, 1.165) is 30.4 Å². The zero-order valence-electron chi connectivity index (χ0n) is 12.0. The van der Waals surface area contributed by atoms with Gasteiger partial charge in [0, 0.05) is 17.7 Å². The summed E-state index contributed by atoms with van der Waals surface area (Å²) >= 11 is 0. The van der Waals surface area contributed by atoms with Gasteiger partial charge in [-0.2, -0.15) is 13.2 Å². The lowest BCUT2D eigenvalue weighted by atomic mass is 10.1. The fourth-order valence-corrected chi connectivity index (χ4v) is 1.18. The lowest BCUT2D eigenvalue weighted by Crippen LogP contribution is -2.13. The van der Waals surface area contributed by atoms with Gasteiger partial charge in [-0.25, -0.2) is 9.59 Å². The summed E-state index contributed by atoms with van der Waals surface area (Å²) in [5.41, 5.74) is 3.80. The summed E-state index contributed by atoms with van der Waals surface area (Å²) in [5.74, 6) is -2.66. The van der Waals surface area contributed by atoms with Gasteiger partial charge >= 0.3 is 18.1 Å². The van der Waals surface area contributed by atoms with E-state index in [4.69, 9.17) is 10.8 Å². The number of esters is 1. The van der Waals surface area contributed by atoms with Crippen LogP contribution in [0.1, 0.15) is 22.8 Å². The van der Waals surface area contributed by atoms with E-state index in [9.17, 15) is 27.6 Å². The van der Waals surface area contributed by atoms with Crippen molar-refractivity contribution >= 4 is 17.8 Å². The first-order chi connectivity index (χ1) is 10.6. The molecule has 6 nitrogen and oxygen atoms in total. The number of carbonyl (C=O) groups excluding carboxylic acids is 2. The Morgan fingerprint density at radius 1 is 1.26 bits per heavy atom. The third-order valence-electron chi connectivity index (χ3n) is 2.12. The van der Waals surface area contributed by atoms with Crippen LogP contribution in [0, 0.1) is 0 Å². The average molecular weight is 333 g/mol. The van der Waals surface area contributed by atoms with E-state index in [1.54, 1.807) is 6.92 Å². The molecular weight excluding hydrogens is 319 g/mol. The maximum atomic E-state index is 12.1. The number of rotatable bonds is 4. The van der Waals surface area contributed by atoms with Crippen molar-refractivity contribution in [3.8, 4) is 0 Å². The monoisotopic (exact) mass is 333 g/mol. The molecule has 0 aromatic heterocycles. The first-order valence-electron chi connectivity index (χ1n) is 6.12. The Morgan fingerprint density at radius 2 is 1.87 bits per heavy atom. The second-order valence-electron chi connectivity index (χ2n) is 3.87. The summed E-state index contributed by atoms with van der Waals surface area (Å²) in [6.07, 6.45) is -2.84. The molecule has 126 valence electrons. The number of halogens is 3. The van der Waals surface area contributed by atoms with Crippen LogP contribution in [0.4, 0.5) is 13.2 Å². The summed E-state index contributed by atoms with van der Waals surface area (Å²) in [4.78, 5) is 30.7. The smallest absolute Gasteiger partial charge is 0.416 e. The largest absolute Gasteiger partial charge is 0.478 e. The van der Waals surface area contributed by atoms with E-state index in [-0.39, 0.29) is 12.2 Å². The van der Waals surface area contributed by atoms with E-state index in [1.165, 1.54) is 6.07 Å². The number of carbonyl (C=O) groups is 3. The molecule has 0 atom stereocenters. The molecule has 0 saturated heterocycles. The number of aliphatic carboxylic acids is 1. The van der Waals surface area contributed by atoms with Gasteiger partial charge in [0.25, 0.3) is 0 Å². The third-order valence-corrected chi connectivity index (χ3v) is 2.12. The Hall–Kier alpha value is -2.84. The first kappa shape index (κ1) is 20.2. The van der Waals surface area contributed by atoms with Crippen molar-refractivity contribution in [3.63, 3.8) is 0 Å². The zero-order valence-corrected chi connectivity index (χ0v) is 12.0. The molecule has 9 heteroatoms. The molecule has 0 bridgehead atoms. The second-order valence-corrected chi connectivity index (χ2v) is 3.87. The van der Waals surface area contributed by atoms with Gasteiger partial charge in [0.15, 0.2) is 0 Å². The molecule has 0 spiro atoms. The normalized spacial score (nSPS) is 10.6. The molecule has 1 amide bonds. The van der Waals surface area contributed by atoms with Crippen LogP contribution in [0.15, 0.2) is 36.4 Å². The summed E-state index contributed by atoms with van der Waals surface area (Å²) in [7, 11) is 0. The van der Waals surface area contributed by atoms with Crippen LogP contribution < -0.4 is 5.73 Å². The molecule has 1 aromatic rings.